The van der Waals surface area contributed by atoms with Crippen molar-refractivity contribution in [3.05, 3.63) is 53.5 Å². The highest BCUT2D eigenvalue weighted by Crippen LogP contribution is 2.18. The van der Waals surface area contributed by atoms with Gasteiger partial charge in [-0.2, -0.15) is 4.31 Å². The molecule has 0 radical (unpaired) electrons. The minimum Gasteiger partial charge on any atom is -0.455 e. The van der Waals surface area contributed by atoms with Crippen molar-refractivity contribution in [1.82, 2.24) is 14.5 Å². The molecule has 1 aliphatic heterocycles. The first-order valence-electron chi connectivity index (χ1n) is 9.56. The number of furan rings is 1. The lowest BCUT2D eigenvalue weighted by atomic mass is 10.2. The molecule has 3 rings (SSSR count). The fourth-order valence-corrected chi connectivity index (χ4v) is 4.16. The second kappa shape index (κ2) is 9.53. The highest BCUT2D eigenvalue weighted by Gasteiger charge is 2.22. The number of hydrogen-bond donors (Lipinski definition) is 1. The van der Waals surface area contributed by atoms with Gasteiger partial charge < -0.3 is 14.5 Å². The maximum absolute atomic E-state index is 12.7. The summed E-state index contributed by atoms with van der Waals surface area (Å²) < 4.78 is 37.4. The molecule has 0 unspecified atom stereocenters. The van der Waals surface area contributed by atoms with E-state index in [2.05, 4.69) is 10.2 Å². The molecule has 0 spiro atoms. The molecular formula is C20H27N3O5S. The molecule has 8 nitrogen and oxygen atoms in total. The minimum absolute atomic E-state index is 0.0390. The molecule has 1 N–H and O–H groups in total. The lowest BCUT2D eigenvalue weighted by Gasteiger charge is -2.26. The van der Waals surface area contributed by atoms with Crippen molar-refractivity contribution < 1.29 is 22.4 Å². The highest BCUT2D eigenvalue weighted by molar-refractivity contribution is 7.89. The third-order valence-electron chi connectivity index (χ3n) is 4.81. The first kappa shape index (κ1) is 21.5. The number of sulfonamides is 1. The predicted molar refractivity (Wildman–Crippen MR) is 108 cm³/mol. The summed E-state index contributed by atoms with van der Waals surface area (Å²) >= 11 is 0. The van der Waals surface area contributed by atoms with Crippen LogP contribution in [0.3, 0.4) is 0 Å². The van der Waals surface area contributed by atoms with Crippen LogP contribution in [0.2, 0.25) is 0 Å². The summed E-state index contributed by atoms with van der Waals surface area (Å²) in [5, 5.41) is 2.83. The molecule has 1 amide bonds. The Hall–Kier alpha value is -2.20. The zero-order valence-electron chi connectivity index (χ0n) is 16.8. The van der Waals surface area contributed by atoms with Gasteiger partial charge in [0, 0.05) is 33.2 Å². The fourth-order valence-electron chi connectivity index (χ4n) is 3.02. The van der Waals surface area contributed by atoms with Gasteiger partial charge in [-0.3, -0.25) is 9.69 Å². The Morgan fingerprint density at radius 3 is 2.52 bits per heavy atom. The zero-order chi connectivity index (χ0) is 20.9. The van der Waals surface area contributed by atoms with Crippen LogP contribution in [0.4, 0.5) is 0 Å². The monoisotopic (exact) mass is 421 g/mol. The lowest BCUT2D eigenvalue weighted by molar-refractivity contribution is 0.0382. The van der Waals surface area contributed by atoms with E-state index < -0.39 is 10.0 Å². The van der Waals surface area contributed by atoms with Crippen molar-refractivity contribution in [2.45, 2.75) is 18.4 Å². The summed E-state index contributed by atoms with van der Waals surface area (Å²) in [7, 11) is -2.15. The average molecular weight is 422 g/mol. The van der Waals surface area contributed by atoms with Crippen molar-refractivity contribution in [1.29, 1.82) is 0 Å². The van der Waals surface area contributed by atoms with Gasteiger partial charge in [-0.15, -0.1) is 0 Å². The Morgan fingerprint density at radius 1 is 1.14 bits per heavy atom. The first-order valence-corrected chi connectivity index (χ1v) is 11.0. The predicted octanol–water partition coefficient (Wildman–Crippen LogP) is 1.47. The maximum atomic E-state index is 12.7. The Balaban J connectivity index is 1.53. The van der Waals surface area contributed by atoms with E-state index in [1.54, 1.807) is 36.4 Å². The first-order chi connectivity index (χ1) is 13.9. The van der Waals surface area contributed by atoms with Gasteiger partial charge in [-0.05, 0) is 31.2 Å². The minimum atomic E-state index is -3.63. The van der Waals surface area contributed by atoms with E-state index >= 15 is 0 Å². The molecule has 0 aliphatic carbocycles. The summed E-state index contributed by atoms with van der Waals surface area (Å²) in [6, 6.07) is 9.86. The number of rotatable bonds is 8. The Labute approximate surface area is 171 Å². The number of carbonyl (C=O) groups excluding carboxylic acids is 1. The van der Waals surface area contributed by atoms with Gasteiger partial charge in [-0.1, -0.05) is 17.7 Å². The van der Waals surface area contributed by atoms with E-state index in [4.69, 9.17) is 9.15 Å². The fraction of sp³-hybridized carbons (Fsp3) is 0.450. The molecule has 2 aromatic rings. The van der Waals surface area contributed by atoms with E-state index in [-0.39, 0.29) is 23.1 Å². The highest BCUT2D eigenvalue weighted by atomic mass is 32.2. The SMILES string of the molecule is Cc1ccc(S(=O)(=O)N(C)Cc2ccc(C(=O)NCCN3CCOCC3)o2)cc1. The van der Waals surface area contributed by atoms with Crippen LogP contribution in [-0.2, 0) is 21.3 Å². The Morgan fingerprint density at radius 2 is 1.83 bits per heavy atom. The normalized spacial score (nSPS) is 15.6. The molecule has 158 valence electrons. The van der Waals surface area contributed by atoms with E-state index in [9.17, 15) is 13.2 Å². The number of hydrogen-bond acceptors (Lipinski definition) is 6. The molecular weight excluding hydrogens is 394 g/mol. The van der Waals surface area contributed by atoms with Crippen LogP contribution >= 0.6 is 0 Å². The summed E-state index contributed by atoms with van der Waals surface area (Å²) in [5.74, 6) is 0.262. The number of morpholine rings is 1. The number of amides is 1. The molecule has 1 aromatic heterocycles. The van der Waals surface area contributed by atoms with Crippen molar-refractivity contribution in [2.24, 2.45) is 0 Å². The molecule has 1 saturated heterocycles. The van der Waals surface area contributed by atoms with E-state index in [1.165, 1.54) is 11.4 Å². The lowest BCUT2D eigenvalue weighted by Crippen LogP contribution is -2.41. The molecule has 0 saturated carbocycles. The molecule has 0 bridgehead atoms. The number of aryl methyl sites for hydroxylation is 1. The zero-order valence-corrected chi connectivity index (χ0v) is 17.6. The third kappa shape index (κ3) is 5.66. The van der Waals surface area contributed by atoms with Crippen molar-refractivity contribution in [3.8, 4) is 0 Å². The quantitative estimate of drug-likeness (QED) is 0.694. The van der Waals surface area contributed by atoms with Crippen molar-refractivity contribution >= 4 is 15.9 Å². The van der Waals surface area contributed by atoms with Crippen LogP contribution in [0, 0.1) is 6.92 Å². The van der Waals surface area contributed by atoms with Crippen molar-refractivity contribution in [2.75, 3.05) is 46.4 Å². The average Bonchev–Trinajstić information content (AvgIpc) is 3.17. The van der Waals surface area contributed by atoms with Gasteiger partial charge in [0.05, 0.1) is 24.7 Å². The Bertz CT molecular complexity index is 918. The van der Waals surface area contributed by atoms with Crippen LogP contribution in [-0.4, -0.2) is 70.0 Å². The van der Waals surface area contributed by atoms with Crippen LogP contribution in [0.1, 0.15) is 21.9 Å². The van der Waals surface area contributed by atoms with E-state index in [1.807, 2.05) is 6.92 Å². The van der Waals surface area contributed by atoms with Gasteiger partial charge in [0.1, 0.15) is 5.76 Å². The van der Waals surface area contributed by atoms with Crippen molar-refractivity contribution in [3.63, 3.8) is 0 Å². The molecule has 29 heavy (non-hydrogen) atoms. The topological polar surface area (TPSA) is 92.1 Å². The number of ether oxygens (including phenoxy) is 1. The molecule has 1 fully saturated rings. The largest absolute Gasteiger partial charge is 0.455 e. The number of benzene rings is 1. The van der Waals surface area contributed by atoms with Gasteiger partial charge >= 0.3 is 0 Å². The molecule has 2 heterocycles. The molecule has 9 heteroatoms. The Kier molecular flexibility index (Phi) is 7.07. The summed E-state index contributed by atoms with van der Waals surface area (Å²) in [6.07, 6.45) is 0. The smallest absolute Gasteiger partial charge is 0.287 e. The van der Waals surface area contributed by atoms with Crippen LogP contribution in [0.25, 0.3) is 0 Å². The summed E-state index contributed by atoms with van der Waals surface area (Å²) in [4.78, 5) is 14.7. The van der Waals surface area contributed by atoms with E-state index in [0.29, 0.717) is 25.5 Å². The number of carbonyl (C=O) groups is 1. The molecule has 1 aromatic carbocycles. The molecule has 0 atom stereocenters. The third-order valence-corrected chi connectivity index (χ3v) is 6.63. The summed E-state index contributed by atoms with van der Waals surface area (Å²) in [5.41, 5.74) is 0.988. The van der Waals surface area contributed by atoms with E-state index in [0.717, 1.165) is 25.2 Å². The van der Waals surface area contributed by atoms with Gasteiger partial charge in [0.25, 0.3) is 5.91 Å². The number of nitrogens with zero attached hydrogens (tertiary/aromatic N) is 2. The van der Waals surface area contributed by atoms with Gasteiger partial charge in [0.15, 0.2) is 5.76 Å². The maximum Gasteiger partial charge on any atom is 0.287 e. The van der Waals surface area contributed by atoms with Crippen LogP contribution in [0.5, 0.6) is 0 Å². The van der Waals surface area contributed by atoms with Crippen LogP contribution in [0.15, 0.2) is 45.7 Å². The molecule has 1 aliphatic rings. The summed E-state index contributed by atoms with van der Waals surface area (Å²) in [6.45, 7) is 6.36. The van der Waals surface area contributed by atoms with Crippen LogP contribution < -0.4 is 5.32 Å². The number of nitrogens with one attached hydrogen (secondary N) is 1. The van der Waals surface area contributed by atoms with Gasteiger partial charge in [0.2, 0.25) is 10.0 Å². The second-order valence-electron chi connectivity index (χ2n) is 7.05. The standard InChI is InChI=1S/C20H27N3O5S/c1-16-3-6-18(7-4-16)29(25,26)22(2)15-17-5-8-19(28-17)20(24)21-9-10-23-11-13-27-14-12-23/h3-8H,9-15H2,1-2H3,(H,21,24). The second-order valence-corrected chi connectivity index (χ2v) is 9.09. The van der Waals surface area contributed by atoms with Gasteiger partial charge in [-0.25, -0.2) is 8.42 Å².